The third-order valence-corrected chi connectivity index (χ3v) is 6.09. The van der Waals surface area contributed by atoms with Crippen molar-refractivity contribution in [3.63, 3.8) is 0 Å². The van der Waals surface area contributed by atoms with Crippen molar-refractivity contribution >= 4 is 32.5 Å². The van der Waals surface area contributed by atoms with Crippen molar-refractivity contribution in [3.05, 3.63) is 96.1 Å². The monoisotopic (exact) mass is 524 g/mol. The molecule has 0 radical (unpaired) electrons. The molecule has 0 aliphatic heterocycles. The zero-order valence-corrected chi connectivity index (χ0v) is 19.1. The van der Waals surface area contributed by atoms with E-state index in [-0.39, 0.29) is 5.88 Å². The van der Waals surface area contributed by atoms with E-state index < -0.39 is 29.2 Å². The summed E-state index contributed by atoms with van der Waals surface area (Å²) in [6, 6.07) is 21.5. The van der Waals surface area contributed by atoms with Crippen LogP contribution in [0.4, 0.5) is 26.3 Å². The number of para-hydroxylation sites is 1. The van der Waals surface area contributed by atoms with Crippen LogP contribution in [0.2, 0.25) is 0 Å². The molecule has 6 rings (SSSR count). The molecule has 190 valence electrons. The molecule has 0 aliphatic carbocycles. The highest BCUT2D eigenvalue weighted by Crippen LogP contribution is 2.43. The minimum Gasteiger partial charge on any atom is -0.454 e. The number of benzene rings is 4. The van der Waals surface area contributed by atoms with Crippen molar-refractivity contribution in [2.75, 3.05) is 0 Å². The van der Waals surface area contributed by atoms with Gasteiger partial charge in [0.25, 0.3) is 0 Å². The Bertz CT molecular complexity index is 1810. The Morgan fingerprint density at radius 3 is 1.89 bits per heavy atom. The van der Waals surface area contributed by atoms with Gasteiger partial charge in [-0.3, -0.25) is 0 Å². The minimum absolute atomic E-state index is 0.168. The predicted molar refractivity (Wildman–Crippen MR) is 129 cm³/mol. The third-order valence-electron chi connectivity index (χ3n) is 6.09. The van der Waals surface area contributed by atoms with E-state index in [9.17, 15) is 26.3 Å². The van der Waals surface area contributed by atoms with E-state index in [0.29, 0.717) is 39.9 Å². The lowest BCUT2D eigenvalue weighted by atomic mass is 10.0. The number of nitrogens with zero attached hydrogens (tertiary/aromatic N) is 2. The number of furan rings is 1. The molecule has 0 saturated carbocycles. The highest BCUT2D eigenvalue weighted by atomic mass is 19.4. The van der Waals surface area contributed by atoms with Crippen LogP contribution in [-0.4, -0.2) is 10.2 Å². The van der Waals surface area contributed by atoms with Gasteiger partial charge in [-0.25, -0.2) is 0 Å². The highest BCUT2D eigenvalue weighted by molar-refractivity contribution is 6.05. The maximum atomic E-state index is 13.5. The Hall–Kier alpha value is -4.60. The average Bonchev–Trinajstić information content (AvgIpc) is 3.31. The number of hydrogen-bond donors (Lipinski definition) is 0. The molecule has 0 unspecified atom stereocenters. The Morgan fingerprint density at radius 1 is 0.605 bits per heavy atom. The molecule has 0 N–H and O–H groups in total. The molecule has 0 spiro atoms. The number of aromatic nitrogens is 2. The molecule has 0 saturated heterocycles. The van der Waals surface area contributed by atoms with E-state index >= 15 is 0 Å². The van der Waals surface area contributed by atoms with Crippen LogP contribution in [-0.2, 0) is 12.4 Å². The van der Waals surface area contributed by atoms with Gasteiger partial charge in [0.05, 0.1) is 11.1 Å². The second-order valence-corrected chi connectivity index (χ2v) is 8.55. The summed E-state index contributed by atoms with van der Waals surface area (Å²) in [5, 5.41) is 11.7. The van der Waals surface area contributed by atoms with Gasteiger partial charge in [-0.2, -0.15) is 26.3 Å². The molecular weight excluding hydrogens is 510 g/mol. The molecule has 6 aromatic rings. The smallest absolute Gasteiger partial charge is 0.417 e. The second-order valence-electron chi connectivity index (χ2n) is 8.55. The van der Waals surface area contributed by atoms with Crippen molar-refractivity contribution in [1.29, 1.82) is 0 Å². The quantitative estimate of drug-likeness (QED) is 0.171. The van der Waals surface area contributed by atoms with E-state index in [1.54, 1.807) is 18.2 Å². The highest BCUT2D eigenvalue weighted by Gasteiger charge is 2.43. The summed E-state index contributed by atoms with van der Waals surface area (Å²) in [4.78, 5) is 0. The summed E-state index contributed by atoms with van der Waals surface area (Å²) < 4.78 is 91.6. The topological polar surface area (TPSA) is 48.2 Å². The number of hydrogen-bond acceptors (Lipinski definition) is 4. The molecular formula is C28H14F6N2O2. The number of alkyl halides is 6. The predicted octanol–water partition coefficient (Wildman–Crippen LogP) is 9.03. The van der Waals surface area contributed by atoms with Crippen LogP contribution in [0.5, 0.6) is 11.6 Å². The van der Waals surface area contributed by atoms with E-state index in [2.05, 4.69) is 10.2 Å². The largest absolute Gasteiger partial charge is 0.454 e. The van der Waals surface area contributed by atoms with Gasteiger partial charge in [0.2, 0.25) is 5.88 Å². The van der Waals surface area contributed by atoms with Crippen LogP contribution in [0.15, 0.2) is 89.3 Å². The fourth-order valence-corrected chi connectivity index (χ4v) is 4.35. The van der Waals surface area contributed by atoms with Gasteiger partial charge < -0.3 is 9.15 Å². The van der Waals surface area contributed by atoms with E-state index in [4.69, 9.17) is 9.15 Å². The zero-order valence-electron chi connectivity index (χ0n) is 19.1. The molecule has 38 heavy (non-hydrogen) atoms. The van der Waals surface area contributed by atoms with E-state index in [0.717, 1.165) is 22.2 Å². The van der Waals surface area contributed by atoms with Gasteiger partial charge in [0.1, 0.15) is 17.0 Å². The first-order valence-electron chi connectivity index (χ1n) is 11.2. The summed E-state index contributed by atoms with van der Waals surface area (Å²) in [7, 11) is 0. The summed E-state index contributed by atoms with van der Waals surface area (Å²) in [5.74, 6) is -0.219. The molecule has 4 nitrogen and oxygen atoms in total. The molecule has 4 aromatic carbocycles. The number of rotatable bonds is 3. The van der Waals surface area contributed by atoms with Crippen LogP contribution in [0.1, 0.15) is 11.1 Å². The number of fused-ring (bicyclic) bond motifs is 3. The van der Waals surface area contributed by atoms with Crippen LogP contribution in [0.25, 0.3) is 44.0 Å². The SMILES string of the molecule is FC(F)(F)c1ccc(Oc2nnc(-c3cc4ccccc4o3)c3cc4ccccc4cc23)cc1C(F)(F)F. The third kappa shape index (κ3) is 4.17. The van der Waals surface area contributed by atoms with Crippen LogP contribution < -0.4 is 4.74 Å². The van der Waals surface area contributed by atoms with Crippen molar-refractivity contribution < 1.29 is 35.5 Å². The van der Waals surface area contributed by atoms with Gasteiger partial charge in [-0.05, 0) is 53.2 Å². The molecule has 2 aromatic heterocycles. The van der Waals surface area contributed by atoms with Crippen LogP contribution in [0, 0.1) is 0 Å². The van der Waals surface area contributed by atoms with Gasteiger partial charge in [0, 0.05) is 16.2 Å². The Balaban J connectivity index is 1.53. The fraction of sp³-hybridized carbons (Fsp3) is 0.0714. The summed E-state index contributed by atoms with van der Waals surface area (Å²) in [6.45, 7) is 0. The normalized spacial score (nSPS) is 12.5. The number of halogens is 6. The van der Waals surface area contributed by atoms with Gasteiger partial charge in [-0.15, -0.1) is 10.2 Å². The first-order chi connectivity index (χ1) is 18.1. The molecule has 0 atom stereocenters. The lowest BCUT2D eigenvalue weighted by Crippen LogP contribution is -2.16. The van der Waals surface area contributed by atoms with E-state index in [1.165, 1.54) is 0 Å². The van der Waals surface area contributed by atoms with Crippen LogP contribution in [0.3, 0.4) is 0 Å². The first-order valence-corrected chi connectivity index (χ1v) is 11.2. The summed E-state index contributed by atoms with van der Waals surface area (Å²) >= 11 is 0. The maximum Gasteiger partial charge on any atom is 0.417 e. The Morgan fingerprint density at radius 2 is 1.24 bits per heavy atom. The Kier molecular flexibility index (Phi) is 5.30. The summed E-state index contributed by atoms with van der Waals surface area (Å²) in [5.41, 5.74) is -2.66. The molecule has 0 bridgehead atoms. The molecule has 0 aliphatic rings. The molecule has 2 heterocycles. The standard InChI is InChI=1S/C28H14F6N2O2/c29-27(30,31)21-10-9-18(14-22(21)28(32,33)34)37-26-20-12-16-6-2-1-5-15(16)11-19(20)25(35-36-26)24-13-17-7-3-4-8-23(17)38-24/h1-14H. The Labute approximate surface area is 210 Å². The van der Waals surface area contributed by atoms with Crippen molar-refractivity contribution in [2.45, 2.75) is 12.4 Å². The fourth-order valence-electron chi connectivity index (χ4n) is 4.35. The van der Waals surface area contributed by atoms with Crippen molar-refractivity contribution in [3.8, 4) is 23.1 Å². The first kappa shape index (κ1) is 23.8. The van der Waals surface area contributed by atoms with Gasteiger partial charge in [-0.1, -0.05) is 42.5 Å². The minimum atomic E-state index is -5.25. The lowest BCUT2D eigenvalue weighted by molar-refractivity contribution is -0.162. The maximum absolute atomic E-state index is 13.5. The lowest BCUT2D eigenvalue weighted by Gasteiger charge is -2.17. The van der Waals surface area contributed by atoms with Crippen molar-refractivity contribution in [1.82, 2.24) is 10.2 Å². The van der Waals surface area contributed by atoms with Crippen LogP contribution >= 0.6 is 0 Å². The van der Waals surface area contributed by atoms with Gasteiger partial charge >= 0.3 is 12.4 Å². The van der Waals surface area contributed by atoms with Gasteiger partial charge in [0.15, 0.2) is 5.76 Å². The average molecular weight is 524 g/mol. The zero-order chi connectivity index (χ0) is 26.7. The molecule has 0 fully saturated rings. The molecule has 0 amide bonds. The van der Waals surface area contributed by atoms with Crippen molar-refractivity contribution in [2.24, 2.45) is 0 Å². The number of ether oxygens (including phenoxy) is 1. The molecule has 10 heteroatoms. The second kappa shape index (κ2) is 8.47. The van der Waals surface area contributed by atoms with E-state index in [1.807, 2.05) is 48.5 Å². The summed E-state index contributed by atoms with van der Waals surface area (Å²) in [6.07, 6.45) is -10.4.